The molecule has 0 aromatic heterocycles. The first-order chi connectivity index (χ1) is 49.0. The number of carbonyl (C=O) groups is 1. The number of nitrogens with zero attached hydrogens (tertiary/aromatic N) is 4. The largest absolute Gasteiger partial charge is 0.748 e. The molecule has 0 unspecified atom stereocenters. The van der Waals surface area contributed by atoms with Gasteiger partial charge in [-0.05, 0) is 4.93 Å². The van der Waals surface area contributed by atoms with Crippen LogP contribution in [0.15, 0.2) is 24.1 Å². The van der Waals surface area contributed by atoms with Crippen molar-refractivity contribution >= 4 is 215 Å². The van der Waals surface area contributed by atoms with Gasteiger partial charge in [0.05, 0.1) is 96.2 Å². The number of hydrogen-bond donors (Lipinski definition) is 1. The number of likely N-dealkylation sites (N-methyl/N-ethyl adjacent to an activating group) is 2. The molecular formula is C49H84F29I7N4O20S5V2-2. The van der Waals surface area contributed by atoms with E-state index in [0.29, 0.717) is 118 Å². The Morgan fingerprint density at radius 2 is 0.793 bits per heavy atom. The summed E-state index contributed by atoms with van der Waals surface area (Å²) < 4.78 is 481. The van der Waals surface area contributed by atoms with Crippen LogP contribution >= 0.6 is 158 Å². The van der Waals surface area contributed by atoms with Crippen LogP contribution in [0.2, 0.25) is 0 Å². The Labute approximate surface area is 773 Å². The predicted octanol–water partition coefficient (Wildman–Crippen LogP) is 15.1. The molecule has 0 bridgehead atoms. The van der Waals surface area contributed by atoms with E-state index >= 15 is 0 Å². The van der Waals surface area contributed by atoms with Crippen molar-refractivity contribution in [2.75, 3.05) is 165 Å². The van der Waals surface area contributed by atoms with Gasteiger partial charge in [-0.3, -0.25) is 23.3 Å². The van der Waals surface area contributed by atoms with Gasteiger partial charge in [0.2, 0.25) is 5.83 Å². The van der Waals surface area contributed by atoms with E-state index in [9.17, 15) is 157 Å². The standard InChI is InChI=1S/C8H14F4NO.C8H13F3NO.C7H11F4NO.C7H10FNO2.C4H3F7O3S.C3H4F4O.C2F6O5S2.CHI3.CH2I2.CH3I.CH2I.2CH4O3S.3CH4.CH3.2V/c1-13(2-4-14-5-3-13)6-8(11,12)7(9)10;1-12(2-4-13-5-3-12)6-7(9)8(10)11;8-6(9)7(10,11)5-12-1-3-13-4-2-12;8-7(6-10)5-9-1-3-11-4-2-9;5-2(6)3(7,8)1-14-15(12,13)4(9,10)11;4-2(5)3(6,7)1-8;3-1(4,5)14(9,10)13-15(11,12)2(6,7)8;2-1(3)4;2-1-3;2*1-2;2*1-5(2,3)4;;;;;;/h7H,2-6H2,1H3;6,8H,2-5H2,1H3;6H,1-5H2;5-6H,1-4H2;2H,1H2;2,8H,1H2;;1H;1H2;1H3;1H2;2*1H3,(H,2,3,4);3*1H4;1H3;;/q2*+1;;;;;;;;;-1;;;;;;-1;;/p-2/b;7-6-;;7-5-;;;;;;;;;;;;;;;. The maximum absolute atomic E-state index is 12.8. The molecule has 0 atom stereocenters. The minimum Gasteiger partial charge on any atom is -0.748 e. The number of morpholine rings is 4. The third kappa shape index (κ3) is 89.8. The normalized spacial score (nSPS) is 16.0. The Morgan fingerprint density at radius 3 is 1.03 bits per heavy atom. The van der Waals surface area contributed by atoms with Crippen molar-refractivity contribution in [1.82, 2.24) is 9.80 Å². The molecule has 116 heavy (non-hydrogen) atoms. The maximum Gasteiger partial charge on any atom is 0.524 e. The van der Waals surface area contributed by atoms with Gasteiger partial charge in [-0.15, -0.1) is 3.63 Å². The third-order valence-electron chi connectivity index (χ3n) is 10.2. The van der Waals surface area contributed by atoms with Gasteiger partial charge in [-0.2, -0.15) is 104 Å². The molecule has 4 fully saturated rings. The summed E-state index contributed by atoms with van der Waals surface area (Å²) in [5, 5.41) is 7.53. The molecular weight excluding hydrogens is 2670 g/mol. The molecule has 0 aromatic carbocycles. The van der Waals surface area contributed by atoms with Crippen LogP contribution in [-0.4, -0.2) is 319 Å². The predicted molar refractivity (Wildman–Crippen MR) is 417 cm³/mol. The molecule has 67 heteroatoms. The first-order valence-electron chi connectivity index (χ1n) is 27.0. The molecule has 0 saturated carbocycles. The van der Waals surface area contributed by atoms with Crippen LogP contribution in [0.3, 0.4) is 0 Å². The SMILES string of the molecule is C.C.C.CI.CS(=O)(=O)[O-].CS(=O)(=O)[O-].C[N+]1(/C=C(\F)C(F)F)CCOCC1.C[N+]1(CC(F)(F)C(F)F)CCOCC1.FC(F)C(F)(F)CN1CCOCC1.IC(I)I.ICI.O=C/C(F)=C/N1CCOCC1.O=S(=O)(OCC(F)(F)C(F)F)C(F)(F)F.O=S(=O)(OS(=O)(=O)C(F)(F)F)C(F)(F)F.OCC(F)(F)C(F)F.[CH2-]I.[CH3-].[V].[V]. The van der Waals surface area contributed by atoms with Gasteiger partial charge in [0.1, 0.15) is 52.1 Å². The van der Waals surface area contributed by atoms with Crippen LogP contribution in [0.5, 0.6) is 0 Å². The zero-order valence-electron chi connectivity index (χ0n) is 57.8. The fraction of sp³-hybridized carbons (Fsp3) is 0.857. The fourth-order valence-electron chi connectivity index (χ4n) is 5.35. The van der Waals surface area contributed by atoms with Crippen molar-refractivity contribution in [3.8, 4) is 0 Å². The molecule has 0 aromatic rings. The fourth-order valence-corrected chi connectivity index (χ4v) is 7.36. The number of aldehydes is 1. The van der Waals surface area contributed by atoms with Gasteiger partial charge in [0.15, 0.2) is 12.1 Å². The Balaban J connectivity index is -0.0000000754. The van der Waals surface area contributed by atoms with Gasteiger partial charge in [-0.1, -0.05) is 158 Å². The number of halogens is 36. The summed E-state index contributed by atoms with van der Waals surface area (Å²) in [5.74, 6) is -19.1. The van der Waals surface area contributed by atoms with Crippen LogP contribution in [0, 0.1) is 12.4 Å². The van der Waals surface area contributed by atoms with Crippen molar-refractivity contribution in [1.29, 1.82) is 0 Å². The van der Waals surface area contributed by atoms with E-state index in [0.717, 1.165) is 6.14 Å². The number of hydrogen-bond acceptors (Lipinski definition) is 22. The van der Waals surface area contributed by atoms with Crippen LogP contribution in [0.1, 0.15) is 22.3 Å². The zero-order valence-corrected chi connectivity index (χ0v) is 79.8. The average Bonchev–Trinajstić information content (AvgIpc) is 0.793. The average molecular weight is 2750 g/mol. The number of aliphatic hydroxyl groups is 1. The molecule has 1 N–H and O–H groups in total. The van der Waals surface area contributed by atoms with Crippen LogP contribution in [-0.2, 0) is 119 Å². The topological polar surface area (TPSA) is 316 Å². The number of aliphatic hydroxyl groups excluding tert-OH is 1. The van der Waals surface area contributed by atoms with E-state index in [1.807, 2.05) is 31.2 Å². The molecule has 24 nitrogen and oxygen atoms in total. The first kappa shape index (κ1) is 153. The van der Waals surface area contributed by atoms with Gasteiger partial charge in [-0.25, -0.2) is 65.1 Å². The second-order valence-corrected chi connectivity index (χ2v) is 42.6. The number of carbonyl (C=O) groups excluding carboxylic acids is 1. The minimum atomic E-state index is -6.85. The minimum absolute atomic E-state index is 0. The van der Waals surface area contributed by atoms with Gasteiger partial charge < -0.3 is 72.6 Å². The number of allylic oxidation sites excluding steroid dienone is 2. The number of rotatable bonds is 18. The first-order valence-corrected chi connectivity index (χ1v) is 45.3. The second-order valence-electron chi connectivity index (χ2n) is 19.6. The zero-order chi connectivity index (χ0) is 90.0. The molecule has 2 radical (unpaired) electrons. The van der Waals surface area contributed by atoms with Crippen molar-refractivity contribution in [2.45, 2.75) is 94.6 Å². The van der Waals surface area contributed by atoms with Gasteiger partial charge in [0, 0.05) is 82.0 Å². The summed E-state index contributed by atoms with van der Waals surface area (Å²) in [6.45, 7) is 1.21. The summed E-state index contributed by atoms with van der Waals surface area (Å²) in [5.41, 5.74) is -18.4. The summed E-state index contributed by atoms with van der Waals surface area (Å²) in [7, 11) is -24.5. The third-order valence-corrected chi connectivity index (χ3v) is 13.8. The Morgan fingerprint density at radius 1 is 0.526 bits per heavy atom. The van der Waals surface area contributed by atoms with Crippen molar-refractivity contribution in [3.63, 3.8) is 0 Å². The molecule has 4 heterocycles. The Hall–Kier alpha value is 2.47. The molecule has 4 aliphatic rings. The summed E-state index contributed by atoms with van der Waals surface area (Å²) >= 11 is 15.6. The molecule has 4 saturated heterocycles. The second kappa shape index (κ2) is 74.3. The van der Waals surface area contributed by atoms with Gasteiger partial charge >= 0.3 is 96.3 Å². The summed E-state index contributed by atoms with van der Waals surface area (Å²) in [6.07, 6.45) is -14.7. The van der Waals surface area contributed by atoms with Crippen LogP contribution in [0.25, 0.3) is 0 Å². The van der Waals surface area contributed by atoms with E-state index < -0.39 is 161 Å². The molecule has 0 spiro atoms. The number of ether oxygens (including phenoxy) is 4. The summed E-state index contributed by atoms with van der Waals surface area (Å²) in [4.78, 5) is 18.1. The molecule has 4 aliphatic heterocycles. The van der Waals surface area contributed by atoms with Crippen molar-refractivity contribution < 1.29 is 261 Å². The number of alkyl halides is 33. The van der Waals surface area contributed by atoms with Gasteiger partial charge in [0.25, 0.3) is 6.43 Å². The van der Waals surface area contributed by atoms with E-state index in [4.69, 9.17) is 50.0 Å². The van der Waals surface area contributed by atoms with E-state index in [-0.39, 0.29) is 82.1 Å². The smallest absolute Gasteiger partial charge is 0.524 e. The Kier molecular flexibility index (Phi) is 97.8. The molecule has 0 amide bonds. The van der Waals surface area contributed by atoms with E-state index in [1.54, 1.807) is 19.0 Å². The van der Waals surface area contributed by atoms with Crippen LogP contribution in [0.4, 0.5) is 127 Å². The van der Waals surface area contributed by atoms with E-state index in [2.05, 4.69) is 145 Å². The molecule has 714 valence electrons. The molecule has 4 rings (SSSR count). The summed E-state index contributed by atoms with van der Waals surface area (Å²) in [6, 6.07) is 0. The quantitative estimate of drug-likeness (QED) is 0.0127. The van der Waals surface area contributed by atoms with Crippen molar-refractivity contribution in [3.05, 3.63) is 36.4 Å². The van der Waals surface area contributed by atoms with Crippen molar-refractivity contribution in [2.24, 2.45) is 0 Å². The van der Waals surface area contributed by atoms with Crippen LogP contribution < -0.4 is 0 Å². The van der Waals surface area contributed by atoms with E-state index in [1.165, 1.54) is 13.5 Å². The number of quaternary nitrogens is 2. The maximum atomic E-state index is 12.8. The molecule has 0 aliphatic carbocycles. The Bertz CT molecular complexity index is 2970. The monoisotopic (exact) mass is 2750 g/mol.